The van der Waals surface area contributed by atoms with Crippen molar-refractivity contribution >= 4 is 27.3 Å². The van der Waals surface area contributed by atoms with Crippen LogP contribution in [0, 0.1) is 17.7 Å². The molecule has 2 fully saturated rings. The number of ketones is 1. The maximum Gasteiger partial charge on any atom is 0.166 e. The summed E-state index contributed by atoms with van der Waals surface area (Å²) in [6.45, 7) is 5.55. The average Bonchev–Trinajstić information content (AvgIpc) is 3.38. The number of carbonyl (C=O) groups excluding carboxylic acids is 1. The molecule has 0 bridgehead atoms. The molecule has 4 heterocycles. The maximum atomic E-state index is 15.0. The highest BCUT2D eigenvalue weighted by Gasteiger charge is 2.21. The van der Waals surface area contributed by atoms with Gasteiger partial charge in [-0.2, -0.15) is 0 Å². The predicted octanol–water partition coefficient (Wildman–Crippen LogP) is 8.21. The molecular weight excluding hydrogens is 521 g/mol. The van der Waals surface area contributed by atoms with Gasteiger partial charge in [0.25, 0.3) is 0 Å². The van der Waals surface area contributed by atoms with Crippen LogP contribution in [0.3, 0.4) is 0 Å². The van der Waals surface area contributed by atoms with Gasteiger partial charge in [-0.05, 0) is 66.6 Å². The lowest BCUT2D eigenvalue weighted by Gasteiger charge is -2.32. The number of hydrogen-bond donors (Lipinski definition) is 0. The Balaban J connectivity index is 1.14. The van der Waals surface area contributed by atoms with Crippen LogP contribution in [0.25, 0.3) is 20.8 Å². The van der Waals surface area contributed by atoms with Crippen molar-refractivity contribution in [3.63, 3.8) is 0 Å². The van der Waals surface area contributed by atoms with Crippen molar-refractivity contribution < 1.29 is 13.9 Å². The van der Waals surface area contributed by atoms with E-state index in [1.54, 1.807) is 35.7 Å². The first-order valence-electron chi connectivity index (χ1n) is 14.6. The normalized spacial score (nSPS) is 18.1. The third kappa shape index (κ3) is 6.26. The molecule has 1 unspecified atom stereocenters. The van der Waals surface area contributed by atoms with Crippen LogP contribution in [0.15, 0.2) is 54.9 Å². The molecule has 1 aromatic carbocycles. The Labute approximate surface area is 239 Å². The summed E-state index contributed by atoms with van der Waals surface area (Å²) < 4.78 is 21.9. The smallest absolute Gasteiger partial charge is 0.166 e. The molecule has 0 N–H and O–H groups in total. The molecule has 2 aliphatic rings. The van der Waals surface area contributed by atoms with Gasteiger partial charge in [-0.1, -0.05) is 44.7 Å². The van der Waals surface area contributed by atoms with Crippen LogP contribution in [0.5, 0.6) is 11.5 Å². The topological polar surface area (TPSA) is 55.3 Å². The number of carbonyl (C=O) groups is 1. The first-order chi connectivity index (χ1) is 19.5. The lowest BCUT2D eigenvalue weighted by atomic mass is 9.81. The number of pyridine rings is 2. The minimum absolute atomic E-state index is 0.142. The second-order valence-electron chi connectivity index (χ2n) is 11.4. The van der Waals surface area contributed by atoms with Crippen molar-refractivity contribution in [2.24, 2.45) is 11.8 Å². The van der Waals surface area contributed by atoms with E-state index in [9.17, 15) is 9.18 Å². The lowest BCUT2D eigenvalue weighted by Crippen LogP contribution is -2.34. The highest BCUT2D eigenvalue weighted by Crippen LogP contribution is 2.39. The van der Waals surface area contributed by atoms with Crippen molar-refractivity contribution in [2.45, 2.75) is 64.8 Å². The van der Waals surface area contributed by atoms with E-state index in [1.165, 1.54) is 43.9 Å². The molecule has 5 nitrogen and oxygen atoms in total. The van der Waals surface area contributed by atoms with E-state index in [0.29, 0.717) is 23.7 Å². The number of Topliss-reactive ketones (excluding diaryl/α,β-unsaturated/α-hetero) is 1. The summed E-state index contributed by atoms with van der Waals surface area (Å²) in [6.07, 6.45) is 11.9. The second kappa shape index (κ2) is 12.1. The zero-order chi connectivity index (χ0) is 27.5. The number of nitrogens with zero attached hydrogens (tertiary/aromatic N) is 3. The van der Waals surface area contributed by atoms with Crippen LogP contribution in [0.4, 0.5) is 4.39 Å². The molecule has 0 amide bonds. The summed E-state index contributed by atoms with van der Waals surface area (Å²) in [4.78, 5) is 25.1. The van der Waals surface area contributed by atoms with E-state index in [0.717, 1.165) is 52.6 Å². The number of thiophene rings is 1. The SMILES string of the molecule is CCC1CCCN(Cc2ccc(-c3cc4nccc(Oc5ccc(CC(=O)CC6CCC6)cc5F)c4s3)nc2)C1. The van der Waals surface area contributed by atoms with Gasteiger partial charge in [0.15, 0.2) is 11.6 Å². The van der Waals surface area contributed by atoms with Gasteiger partial charge in [0, 0.05) is 44.4 Å². The van der Waals surface area contributed by atoms with Crippen LogP contribution in [0.1, 0.15) is 63.0 Å². The molecule has 4 aromatic rings. The summed E-state index contributed by atoms with van der Waals surface area (Å²) in [7, 11) is 0. The van der Waals surface area contributed by atoms with Crippen LogP contribution >= 0.6 is 11.3 Å². The van der Waals surface area contributed by atoms with E-state index in [2.05, 4.69) is 28.9 Å². The van der Waals surface area contributed by atoms with Gasteiger partial charge in [-0.3, -0.25) is 19.7 Å². The van der Waals surface area contributed by atoms with E-state index >= 15 is 0 Å². The number of rotatable bonds is 10. The van der Waals surface area contributed by atoms with Gasteiger partial charge >= 0.3 is 0 Å². The van der Waals surface area contributed by atoms with E-state index in [1.807, 2.05) is 12.3 Å². The molecule has 3 aromatic heterocycles. The molecule has 6 rings (SSSR count). The Morgan fingerprint density at radius 1 is 1.02 bits per heavy atom. The van der Waals surface area contributed by atoms with E-state index < -0.39 is 5.82 Å². The van der Waals surface area contributed by atoms with Crippen LogP contribution in [-0.2, 0) is 17.8 Å². The summed E-state index contributed by atoms with van der Waals surface area (Å²) in [6, 6.07) is 12.8. The largest absolute Gasteiger partial charge is 0.453 e. The lowest BCUT2D eigenvalue weighted by molar-refractivity contribution is -0.119. The molecule has 1 aliphatic carbocycles. The average molecular weight is 558 g/mol. The third-order valence-corrected chi connectivity index (χ3v) is 9.56. The molecular formula is C33H36FN3O2S. The Morgan fingerprint density at radius 2 is 1.88 bits per heavy atom. The third-order valence-electron chi connectivity index (χ3n) is 8.40. The first kappa shape index (κ1) is 27.0. The van der Waals surface area contributed by atoms with Gasteiger partial charge in [-0.25, -0.2) is 4.39 Å². The number of benzene rings is 1. The fourth-order valence-corrected chi connectivity index (χ4v) is 6.89. The number of hydrogen-bond acceptors (Lipinski definition) is 6. The number of ether oxygens (including phenoxy) is 1. The molecule has 1 saturated carbocycles. The van der Waals surface area contributed by atoms with Crippen LogP contribution in [-0.4, -0.2) is 33.7 Å². The second-order valence-corrected chi connectivity index (χ2v) is 12.5. The van der Waals surface area contributed by atoms with Gasteiger partial charge in [-0.15, -0.1) is 11.3 Å². The summed E-state index contributed by atoms with van der Waals surface area (Å²) in [5.41, 5.74) is 3.60. The molecule has 208 valence electrons. The van der Waals surface area contributed by atoms with Gasteiger partial charge in [0.1, 0.15) is 11.5 Å². The Hall–Kier alpha value is -3.16. The number of piperidine rings is 1. The summed E-state index contributed by atoms with van der Waals surface area (Å²) >= 11 is 1.54. The van der Waals surface area contributed by atoms with Crippen molar-refractivity contribution in [1.29, 1.82) is 0 Å². The summed E-state index contributed by atoms with van der Waals surface area (Å²) in [5.74, 6) is 1.74. The van der Waals surface area contributed by atoms with Gasteiger partial charge in [0.05, 0.1) is 20.8 Å². The fourth-order valence-electron chi connectivity index (χ4n) is 5.85. The predicted molar refractivity (Wildman–Crippen MR) is 158 cm³/mol. The van der Waals surface area contributed by atoms with Crippen molar-refractivity contribution in [1.82, 2.24) is 14.9 Å². The van der Waals surface area contributed by atoms with E-state index in [-0.39, 0.29) is 18.0 Å². The maximum absolute atomic E-state index is 15.0. The zero-order valence-corrected chi connectivity index (χ0v) is 23.9. The van der Waals surface area contributed by atoms with Gasteiger partial charge in [0.2, 0.25) is 0 Å². The Bertz CT molecular complexity index is 1480. The monoisotopic (exact) mass is 557 g/mol. The Morgan fingerprint density at radius 3 is 2.62 bits per heavy atom. The molecule has 1 aliphatic heterocycles. The molecule has 1 saturated heterocycles. The first-order valence-corrected chi connectivity index (χ1v) is 15.4. The minimum Gasteiger partial charge on any atom is -0.453 e. The fraction of sp³-hybridized carbons (Fsp3) is 0.424. The highest BCUT2D eigenvalue weighted by molar-refractivity contribution is 7.22. The standard InChI is InChI=1S/C33H36FN3O2S/c1-2-22-7-4-14-37(20-22)21-25-8-10-28(36-19-25)32-18-29-33(40-32)31(12-13-35-29)39-30-11-9-24(17-27(30)34)16-26(38)15-23-5-3-6-23/h8-13,17-19,22-23H,2-7,14-16,20-21H2,1H3. The molecule has 40 heavy (non-hydrogen) atoms. The van der Waals surface area contributed by atoms with Gasteiger partial charge < -0.3 is 4.74 Å². The number of fused-ring (bicyclic) bond motifs is 1. The molecule has 1 atom stereocenters. The number of aromatic nitrogens is 2. The van der Waals surface area contributed by atoms with Crippen molar-refractivity contribution in [3.05, 3.63) is 71.8 Å². The molecule has 7 heteroatoms. The van der Waals surface area contributed by atoms with Crippen LogP contribution < -0.4 is 4.74 Å². The molecule has 0 spiro atoms. The number of halogens is 1. The Kier molecular flexibility index (Phi) is 8.21. The van der Waals surface area contributed by atoms with Crippen molar-refractivity contribution in [2.75, 3.05) is 13.1 Å². The van der Waals surface area contributed by atoms with Crippen molar-refractivity contribution in [3.8, 4) is 22.1 Å². The highest BCUT2D eigenvalue weighted by atomic mass is 32.1. The minimum atomic E-state index is -0.466. The summed E-state index contributed by atoms with van der Waals surface area (Å²) in [5, 5.41) is 0. The number of likely N-dealkylation sites (tertiary alicyclic amines) is 1. The van der Waals surface area contributed by atoms with E-state index in [4.69, 9.17) is 9.72 Å². The zero-order valence-electron chi connectivity index (χ0n) is 23.1. The van der Waals surface area contributed by atoms with Crippen LogP contribution in [0.2, 0.25) is 0 Å². The quantitative estimate of drug-likeness (QED) is 0.197. The molecule has 0 radical (unpaired) electrons.